The molecule has 22 heavy (non-hydrogen) atoms. The zero-order valence-corrected chi connectivity index (χ0v) is 13.5. The molecular weight excluding hydrogens is 310 g/mol. The average Bonchev–Trinajstić information content (AvgIpc) is 2.48. The van der Waals surface area contributed by atoms with Crippen LogP contribution in [0.15, 0.2) is 23.1 Å². The quantitative estimate of drug-likeness (QED) is 0.815. The number of rotatable bonds is 6. The summed E-state index contributed by atoms with van der Waals surface area (Å²) in [6.45, 7) is 4.22. The Hall–Kier alpha value is -1.05. The van der Waals surface area contributed by atoms with Crippen molar-refractivity contribution >= 4 is 10.0 Å². The largest absolute Gasteiger partial charge is 0.301 e. The van der Waals surface area contributed by atoms with Crippen molar-refractivity contribution in [3.05, 3.63) is 29.8 Å². The maximum Gasteiger partial charge on any atom is 0.243 e. The van der Waals surface area contributed by atoms with Gasteiger partial charge in [-0.3, -0.25) is 0 Å². The Morgan fingerprint density at radius 2 is 2.09 bits per heavy atom. The normalized spacial score (nSPS) is 20.2. The zero-order valence-electron chi connectivity index (χ0n) is 12.7. The maximum absolute atomic E-state index is 13.5. The minimum atomic E-state index is -4.01. The molecule has 0 aromatic heterocycles. The molecule has 0 amide bonds. The number of nitrogens with one attached hydrogen (secondary N) is 1. The van der Waals surface area contributed by atoms with Crippen LogP contribution >= 0.6 is 0 Å². The first kappa shape index (κ1) is 17.3. The van der Waals surface area contributed by atoms with Gasteiger partial charge in [-0.15, -0.1) is 0 Å². The number of piperidine rings is 1. The van der Waals surface area contributed by atoms with Crippen LogP contribution < -0.4 is 4.72 Å². The third kappa shape index (κ3) is 4.47. The van der Waals surface area contributed by atoms with Crippen LogP contribution in [0, 0.1) is 11.6 Å². The van der Waals surface area contributed by atoms with E-state index in [4.69, 9.17) is 0 Å². The monoisotopic (exact) mass is 332 g/mol. The van der Waals surface area contributed by atoms with E-state index in [0.29, 0.717) is 18.5 Å². The van der Waals surface area contributed by atoms with Crippen LogP contribution in [0.1, 0.15) is 32.6 Å². The predicted octanol–water partition coefficient (Wildman–Crippen LogP) is 2.51. The van der Waals surface area contributed by atoms with Crippen molar-refractivity contribution in [1.82, 2.24) is 9.62 Å². The molecule has 1 aromatic rings. The van der Waals surface area contributed by atoms with Crippen LogP contribution in [-0.2, 0) is 10.0 Å². The molecule has 1 fully saturated rings. The van der Waals surface area contributed by atoms with Gasteiger partial charge in [0.05, 0.1) is 0 Å². The highest BCUT2D eigenvalue weighted by Gasteiger charge is 2.20. The van der Waals surface area contributed by atoms with Gasteiger partial charge in [0.2, 0.25) is 10.0 Å². The number of nitrogens with zero attached hydrogens (tertiary/aromatic N) is 1. The fourth-order valence-electron chi connectivity index (χ4n) is 2.74. The highest BCUT2D eigenvalue weighted by atomic mass is 32.2. The SMILES string of the molecule is CC1CCCCN1CCCNS(=O)(=O)c1cc(F)ccc1F. The van der Waals surface area contributed by atoms with E-state index in [-0.39, 0.29) is 6.54 Å². The summed E-state index contributed by atoms with van der Waals surface area (Å²) in [6, 6.07) is 2.93. The van der Waals surface area contributed by atoms with Crippen molar-refractivity contribution in [3.63, 3.8) is 0 Å². The van der Waals surface area contributed by atoms with Gasteiger partial charge in [-0.05, 0) is 57.5 Å². The summed E-state index contributed by atoms with van der Waals surface area (Å²) in [5.74, 6) is -1.72. The lowest BCUT2D eigenvalue weighted by atomic mass is 10.0. The second-order valence-corrected chi connectivity index (χ2v) is 7.44. The van der Waals surface area contributed by atoms with Crippen molar-refractivity contribution in [2.75, 3.05) is 19.6 Å². The summed E-state index contributed by atoms with van der Waals surface area (Å²) >= 11 is 0. The van der Waals surface area contributed by atoms with Gasteiger partial charge in [-0.2, -0.15) is 0 Å². The van der Waals surface area contributed by atoms with Crippen LogP contribution in [0.5, 0.6) is 0 Å². The van der Waals surface area contributed by atoms with Crippen LogP contribution in [0.2, 0.25) is 0 Å². The van der Waals surface area contributed by atoms with Crippen molar-refractivity contribution in [3.8, 4) is 0 Å². The Morgan fingerprint density at radius 3 is 2.82 bits per heavy atom. The minimum absolute atomic E-state index is 0.210. The van der Waals surface area contributed by atoms with Gasteiger partial charge < -0.3 is 4.90 Å². The molecule has 124 valence electrons. The number of benzene rings is 1. The second kappa shape index (κ2) is 7.48. The summed E-state index contributed by atoms with van der Waals surface area (Å²) in [6.07, 6.45) is 4.22. The molecule has 1 aliphatic rings. The van der Waals surface area contributed by atoms with Gasteiger partial charge in [-0.1, -0.05) is 6.42 Å². The molecule has 1 atom stereocenters. The van der Waals surface area contributed by atoms with Crippen LogP contribution in [0.25, 0.3) is 0 Å². The Balaban J connectivity index is 1.86. The van der Waals surface area contributed by atoms with Crippen molar-refractivity contribution in [1.29, 1.82) is 0 Å². The third-order valence-electron chi connectivity index (χ3n) is 4.04. The highest BCUT2D eigenvalue weighted by Crippen LogP contribution is 2.17. The molecule has 1 saturated heterocycles. The van der Waals surface area contributed by atoms with E-state index in [9.17, 15) is 17.2 Å². The first-order chi connectivity index (χ1) is 10.4. The molecule has 1 aliphatic heterocycles. The Bertz CT molecular complexity index is 608. The maximum atomic E-state index is 13.5. The van der Waals surface area contributed by atoms with Gasteiger partial charge >= 0.3 is 0 Å². The summed E-state index contributed by atoms with van der Waals surface area (Å²) < 4.78 is 52.9. The molecule has 0 radical (unpaired) electrons. The Labute approximate surface area is 130 Å². The topological polar surface area (TPSA) is 49.4 Å². The van der Waals surface area contributed by atoms with Crippen LogP contribution in [-0.4, -0.2) is 39.0 Å². The lowest BCUT2D eigenvalue weighted by Crippen LogP contribution is -2.39. The van der Waals surface area contributed by atoms with Gasteiger partial charge in [-0.25, -0.2) is 21.9 Å². The summed E-state index contributed by atoms with van der Waals surface area (Å²) in [5, 5.41) is 0. The third-order valence-corrected chi connectivity index (χ3v) is 5.51. The minimum Gasteiger partial charge on any atom is -0.301 e. The molecule has 0 spiro atoms. The average molecular weight is 332 g/mol. The molecule has 0 bridgehead atoms. The van der Waals surface area contributed by atoms with E-state index in [1.165, 1.54) is 19.3 Å². The number of hydrogen-bond donors (Lipinski definition) is 1. The Morgan fingerprint density at radius 1 is 1.32 bits per heavy atom. The van der Waals surface area contributed by atoms with E-state index >= 15 is 0 Å². The van der Waals surface area contributed by atoms with Crippen molar-refractivity contribution in [2.45, 2.75) is 43.5 Å². The molecule has 1 aromatic carbocycles. The van der Waals surface area contributed by atoms with Gasteiger partial charge in [0, 0.05) is 12.6 Å². The highest BCUT2D eigenvalue weighted by molar-refractivity contribution is 7.89. The summed E-state index contributed by atoms with van der Waals surface area (Å²) in [7, 11) is -4.01. The number of sulfonamides is 1. The first-order valence-electron chi connectivity index (χ1n) is 7.59. The van der Waals surface area contributed by atoms with E-state index in [2.05, 4.69) is 16.5 Å². The standard InChI is InChI=1S/C15H22F2N2O2S/c1-12-5-2-3-9-19(12)10-4-8-18-22(20,21)15-11-13(16)6-7-14(15)17/h6-7,11-12,18H,2-5,8-10H2,1H3. The first-order valence-corrected chi connectivity index (χ1v) is 9.07. The molecule has 1 unspecified atom stereocenters. The lowest BCUT2D eigenvalue weighted by Gasteiger charge is -2.33. The summed E-state index contributed by atoms with van der Waals surface area (Å²) in [4.78, 5) is 1.69. The zero-order chi connectivity index (χ0) is 16.2. The van der Waals surface area contributed by atoms with E-state index in [1.54, 1.807) is 0 Å². The number of hydrogen-bond acceptors (Lipinski definition) is 3. The number of likely N-dealkylation sites (tertiary alicyclic amines) is 1. The van der Waals surface area contributed by atoms with E-state index in [1.807, 2.05) is 0 Å². The smallest absolute Gasteiger partial charge is 0.243 e. The molecule has 0 saturated carbocycles. The fraction of sp³-hybridized carbons (Fsp3) is 0.600. The second-order valence-electron chi connectivity index (χ2n) is 5.71. The van der Waals surface area contributed by atoms with Crippen LogP contribution in [0.3, 0.4) is 0 Å². The number of halogens is 2. The van der Waals surface area contributed by atoms with Crippen molar-refractivity contribution in [2.24, 2.45) is 0 Å². The van der Waals surface area contributed by atoms with Gasteiger partial charge in [0.25, 0.3) is 0 Å². The fourth-order valence-corrected chi connectivity index (χ4v) is 3.90. The Kier molecular flexibility index (Phi) is 5.88. The predicted molar refractivity (Wildman–Crippen MR) is 81.0 cm³/mol. The van der Waals surface area contributed by atoms with Gasteiger partial charge in [0.1, 0.15) is 16.5 Å². The molecule has 0 aliphatic carbocycles. The van der Waals surface area contributed by atoms with Gasteiger partial charge in [0.15, 0.2) is 0 Å². The van der Waals surface area contributed by atoms with Crippen molar-refractivity contribution < 1.29 is 17.2 Å². The summed E-state index contributed by atoms with van der Waals surface area (Å²) in [5.41, 5.74) is 0. The molecule has 4 nitrogen and oxygen atoms in total. The van der Waals surface area contributed by atoms with E-state index in [0.717, 1.165) is 25.2 Å². The van der Waals surface area contributed by atoms with Crippen LogP contribution in [0.4, 0.5) is 8.78 Å². The van der Waals surface area contributed by atoms with E-state index < -0.39 is 26.6 Å². The molecule has 2 rings (SSSR count). The lowest BCUT2D eigenvalue weighted by molar-refractivity contribution is 0.159. The molecule has 1 N–H and O–H groups in total. The molecular formula is C15H22F2N2O2S. The molecule has 1 heterocycles. The molecule has 7 heteroatoms.